The molecule has 1 heterocycles. The van der Waals surface area contributed by atoms with E-state index in [1.54, 1.807) is 6.07 Å². The Kier molecular flexibility index (Phi) is 3.58. The number of nitrogens with zero attached hydrogens (tertiary/aromatic N) is 1. The second-order valence-corrected chi connectivity index (χ2v) is 5.96. The van der Waals surface area contributed by atoms with Crippen LogP contribution in [0.2, 0.25) is 0 Å². The van der Waals surface area contributed by atoms with Crippen molar-refractivity contribution < 1.29 is 13.2 Å². The molecule has 2 rings (SSSR count). The van der Waals surface area contributed by atoms with Gasteiger partial charge in [-0.15, -0.1) is 0 Å². The van der Waals surface area contributed by atoms with E-state index < -0.39 is 10.0 Å². The van der Waals surface area contributed by atoms with Crippen LogP contribution in [0.1, 0.15) is 6.42 Å². The van der Waals surface area contributed by atoms with Gasteiger partial charge in [-0.05, 0) is 24.6 Å². The molecule has 1 aromatic rings. The Bertz CT molecular complexity index is 567. The first-order chi connectivity index (χ1) is 8.55. The normalized spacial score (nSPS) is 16.7. The first kappa shape index (κ1) is 12.9. The number of sulfonamides is 1. The minimum Gasteiger partial charge on any atom is -0.495 e. The first-order valence-electron chi connectivity index (χ1n) is 5.64. The standard InChI is InChI=1S/C12H16N2O3S/c1-17-12-6-5-10(9-11(12)13)18(15,16)14-7-3-2-4-8-14/h2-3,5-6,9H,4,7-8,13H2,1H3. The molecule has 18 heavy (non-hydrogen) atoms. The lowest BCUT2D eigenvalue weighted by Crippen LogP contribution is -2.33. The van der Waals surface area contributed by atoms with Gasteiger partial charge in [-0.1, -0.05) is 12.2 Å². The Morgan fingerprint density at radius 3 is 2.67 bits per heavy atom. The van der Waals surface area contributed by atoms with Gasteiger partial charge in [-0.2, -0.15) is 4.31 Å². The zero-order valence-electron chi connectivity index (χ0n) is 10.2. The second kappa shape index (κ2) is 4.99. The van der Waals surface area contributed by atoms with Crippen molar-refractivity contribution in [3.05, 3.63) is 30.4 Å². The molecule has 0 spiro atoms. The highest BCUT2D eigenvalue weighted by Crippen LogP contribution is 2.26. The second-order valence-electron chi connectivity index (χ2n) is 4.03. The van der Waals surface area contributed by atoms with Crippen LogP contribution in [0.15, 0.2) is 35.2 Å². The van der Waals surface area contributed by atoms with Crippen molar-refractivity contribution in [3.8, 4) is 5.75 Å². The van der Waals surface area contributed by atoms with E-state index in [-0.39, 0.29) is 4.90 Å². The Morgan fingerprint density at radius 2 is 2.11 bits per heavy atom. The number of hydrogen-bond donors (Lipinski definition) is 1. The Hall–Kier alpha value is -1.53. The van der Waals surface area contributed by atoms with Gasteiger partial charge in [0.1, 0.15) is 5.75 Å². The van der Waals surface area contributed by atoms with Gasteiger partial charge in [0.25, 0.3) is 0 Å². The molecule has 1 aliphatic heterocycles. The zero-order valence-corrected chi connectivity index (χ0v) is 11.0. The van der Waals surface area contributed by atoms with Crippen LogP contribution in [0.25, 0.3) is 0 Å². The zero-order chi connectivity index (χ0) is 13.2. The largest absolute Gasteiger partial charge is 0.495 e. The molecule has 0 unspecified atom stereocenters. The smallest absolute Gasteiger partial charge is 0.243 e. The van der Waals surface area contributed by atoms with E-state index >= 15 is 0 Å². The highest BCUT2D eigenvalue weighted by Gasteiger charge is 2.24. The summed E-state index contributed by atoms with van der Waals surface area (Å²) in [6, 6.07) is 4.53. The molecule has 1 aliphatic rings. The minimum absolute atomic E-state index is 0.205. The number of benzene rings is 1. The molecule has 0 atom stereocenters. The van der Waals surface area contributed by atoms with Gasteiger partial charge in [0, 0.05) is 13.1 Å². The van der Waals surface area contributed by atoms with Gasteiger partial charge in [0.05, 0.1) is 17.7 Å². The minimum atomic E-state index is -3.46. The third-order valence-corrected chi connectivity index (χ3v) is 4.72. The van der Waals surface area contributed by atoms with E-state index in [1.807, 2.05) is 12.2 Å². The Balaban J connectivity index is 2.35. The molecular formula is C12H16N2O3S. The third kappa shape index (κ3) is 2.34. The van der Waals surface area contributed by atoms with Crippen LogP contribution in [-0.2, 0) is 10.0 Å². The number of rotatable bonds is 3. The summed E-state index contributed by atoms with van der Waals surface area (Å²) in [5.74, 6) is 0.479. The summed E-state index contributed by atoms with van der Waals surface area (Å²) in [6.07, 6.45) is 4.58. The van der Waals surface area contributed by atoms with E-state index in [0.717, 1.165) is 6.42 Å². The van der Waals surface area contributed by atoms with E-state index in [4.69, 9.17) is 10.5 Å². The number of anilines is 1. The van der Waals surface area contributed by atoms with Gasteiger partial charge in [0.2, 0.25) is 10.0 Å². The SMILES string of the molecule is COc1ccc(S(=O)(=O)N2CC=CCC2)cc1N. The topological polar surface area (TPSA) is 72.6 Å². The molecule has 6 heteroatoms. The molecule has 2 N–H and O–H groups in total. The summed E-state index contributed by atoms with van der Waals surface area (Å²) < 4.78 is 31.1. The summed E-state index contributed by atoms with van der Waals surface area (Å²) in [6.45, 7) is 0.916. The monoisotopic (exact) mass is 268 g/mol. The summed E-state index contributed by atoms with van der Waals surface area (Å²) in [5.41, 5.74) is 6.06. The maximum absolute atomic E-state index is 12.3. The fraction of sp³-hybridized carbons (Fsp3) is 0.333. The summed E-state index contributed by atoms with van der Waals surface area (Å²) in [7, 11) is -1.97. The highest BCUT2D eigenvalue weighted by molar-refractivity contribution is 7.89. The van der Waals surface area contributed by atoms with Gasteiger partial charge < -0.3 is 10.5 Å². The molecule has 5 nitrogen and oxygen atoms in total. The molecular weight excluding hydrogens is 252 g/mol. The first-order valence-corrected chi connectivity index (χ1v) is 7.08. The van der Waals surface area contributed by atoms with Gasteiger partial charge in [-0.3, -0.25) is 0 Å². The Morgan fingerprint density at radius 1 is 1.33 bits per heavy atom. The van der Waals surface area contributed by atoms with Gasteiger partial charge in [-0.25, -0.2) is 8.42 Å². The van der Waals surface area contributed by atoms with Crippen molar-refractivity contribution in [1.29, 1.82) is 0 Å². The van der Waals surface area contributed by atoms with Crippen LogP contribution in [0.3, 0.4) is 0 Å². The van der Waals surface area contributed by atoms with Crippen LogP contribution < -0.4 is 10.5 Å². The predicted molar refractivity (Wildman–Crippen MR) is 69.9 cm³/mol. The van der Waals surface area contributed by atoms with Crippen molar-refractivity contribution >= 4 is 15.7 Å². The van der Waals surface area contributed by atoms with Crippen LogP contribution in [0.4, 0.5) is 5.69 Å². The maximum atomic E-state index is 12.3. The average Bonchev–Trinajstić information content (AvgIpc) is 2.39. The fourth-order valence-corrected chi connectivity index (χ4v) is 3.30. The summed E-state index contributed by atoms with van der Waals surface area (Å²) >= 11 is 0. The lowest BCUT2D eigenvalue weighted by Gasteiger charge is -2.23. The molecule has 0 aromatic heterocycles. The molecule has 0 radical (unpaired) electrons. The molecule has 0 aliphatic carbocycles. The molecule has 1 aromatic carbocycles. The van der Waals surface area contributed by atoms with Gasteiger partial charge >= 0.3 is 0 Å². The number of methoxy groups -OCH3 is 1. The number of ether oxygens (including phenoxy) is 1. The number of nitrogens with two attached hydrogens (primary N) is 1. The molecule has 98 valence electrons. The van der Waals surface area contributed by atoms with Crippen LogP contribution >= 0.6 is 0 Å². The van der Waals surface area contributed by atoms with Crippen LogP contribution in [0.5, 0.6) is 5.75 Å². The quantitative estimate of drug-likeness (QED) is 0.661. The lowest BCUT2D eigenvalue weighted by molar-refractivity contribution is 0.416. The third-order valence-electron chi connectivity index (χ3n) is 2.86. The van der Waals surface area contributed by atoms with Crippen molar-refractivity contribution in [3.63, 3.8) is 0 Å². The van der Waals surface area contributed by atoms with E-state index in [1.165, 1.54) is 23.5 Å². The number of hydrogen-bond acceptors (Lipinski definition) is 4. The average molecular weight is 268 g/mol. The molecule has 0 saturated heterocycles. The lowest BCUT2D eigenvalue weighted by atomic mass is 10.3. The number of nitrogen functional groups attached to an aromatic ring is 1. The molecule has 0 amide bonds. The van der Waals surface area contributed by atoms with E-state index in [0.29, 0.717) is 24.5 Å². The predicted octanol–water partition coefficient (Wildman–Crippen LogP) is 1.23. The molecule has 0 bridgehead atoms. The maximum Gasteiger partial charge on any atom is 0.243 e. The van der Waals surface area contributed by atoms with Crippen molar-refractivity contribution in [2.45, 2.75) is 11.3 Å². The molecule has 0 fully saturated rings. The van der Waals surface area contributed by atoms with Crippen molar-refractivity contribution in [2.24, 2.45) is 0 Å². The van der Waals surface area contributed by atoms with E-state index in [9.17, 15) is 8.42 Å². The highest BCUT2D eigenvalue weighted by atomic mass is 32.2. The van der Waals surface area contributed by atoms with Crippen LogP contribution in [-0.4, -0.2) is 32.9 Å². The molecule has 0 saturated carbocycles. The van der Waals surface area contributed by atoms with Crippen LogP contribution in [0, 0.1) is 0 Å². The van der Waals surface area contributed by atoms with Crippen molar-refractivity contribution in [2.75, 3.05) is 25.9 Å². The fourth-order valence-electron chi connectivity index (χ4n) is 1.86. The summed E-state index contributed by atoms with van der Waals surface area (Å²) in [5, 5.41) is 0. The Labute approximate surface area is 107 Å². The van der Waals surface area contributed by atoms with E-state index in [2.05, 4.69) is 0 Å². The van der Waals surface area contributed by atoms with Crippen molar-refractivity contribution in [1.82, 2.24) is 4.31 Å². The summed E-state index contributed by atoms with van der Waals surface area (Å²) in [4.78, 5) is 0.205. The van der Waals surface area contributed by atoms with Gasteiger partial charge in [0.15, 0.2) is 0 Å².